The van der Waals surface area contributed by atoms with Gasteiger partial charge in [-0.15, -0.1) is 0 Å². The maximum absolute atomic E-state index is 13.2. The van der Waals surface area contributed by atoms with Crippen LogP contribution in [-0.2, 0) is 13.2 Å². The Morgan fingerprint density at radius 1 is 1.14 bits per heavy atom. The van der Waals surface area contributed by atoms with Crippen molar-refractivity contribution in [3.8, 4) is 0 Å². The van der Waals surface area contributed by atoms with Gasteiger partial charge in [0.2, 0.25) is 0 Å². The summed E-state index contributed by atoms with van der Waals surface area (Å²) in [4.78, 5) is 16.8. The van der Waals surface area contributed by atoms with Gasteiger partial charge in [0, 0.05) is 35.9 Å². The van der Waals surface area contributed by atoms with Crippen molar-refractivity contribution in [3.63, 3.8) is 0 Å². The molecule has 1 aromatic carbocycles. The molecule has 0 aliphatic heterocycles. The molecule has 184 valence electrons. The van der Waals surface area contributed by atoms with Gasteiger partial charge in [0.1, 0.15) is 17.2 Å². The van der Waals surface area contributed by atoms with Crippen LogP contribution in [0.25, 0.3) is 16.6 Å². The zero-order chi connectivity index (χ0) is 25.0. The third-order valence-corrected chi connectivity index (χ3v) is 6.92. The molecule has 3 N–H and O–H groups in total. The average molecular weight is 486 g/mol. The number of carbonyl (C=O) groups excluding carboxylic acids is 1. The molecule has 10 heteroatoms. The quantitative estimate of drug-likeness (QED) is 0.368. The number of para-hydroxylation sites is 1. The van der Waals surface area contributed by atoms with Crippen molar-refractivity contribution in [1.29, 1.82) is 0 Å². The molecule has 1 aliphatic carbocycles. The normalized spacial score (nSPS) is 20.9. The second kappa shape index (κ2) is 8.30. The number of carbonyl (C=O) groups is 1. The fraction of sp³-hybridized carbons (Fsp3) is 0.360. The van der Waals surface area contributed by atoms with Gasteiger partial charge in [-0.3, -0.25) is 9.20 Å². The van der Waals surface area contributed by atoms with Gasteiger partial charge >= 0.3 is 6.18 Å². The van der Waals surface area contributed by atoms with Gasteiger partial charge in [-0.2, -0.15) is 13.2 Å². The van der Waals surface area contributed by atoms with Crippen LogP contribution in [0, 0.1) is 6.92 Å². The summed E-state index contributed by atoms with van der Waals surface area (Å²) in [6.07, 6.45) is -1.86. The predicted octanol–water partition coefficient (Wildman–Crippen LogP) is 4.63. The van der Waals surface area contributed by atoms with Crippen molar-refractivity contribution in [2.75, 3.05) is 5.32 Å². The number of pyridine rings is 1. The number of hydrogen-bond acceptors (Lipinski definition) is 4. The molecule has 0 bridgehead atoms. The molecule has 7 nitrogen and oxygen atoms in total. The summed E-state index contributed by atoms with van der Waals surface area (Å²) in [7, 11) is 1.90. The van der Waals surface area contributed by atoms with E-state index in [1.807, 2.05) is 42.8 Å². The van der Waals surface area contributed by atoms with Crippen LogP contribution in [0.15, 0.2) is 48.7 Å². The molecule has 0 unspecified atom stereocenters. The number of nitrogens with zero attached hydrogens (tertiary/aromatic N) is 3. The lowest BCUT2D eigenvalue weighted by atomic mass is 9.87. The number of anilines is 1. The van der Waals surface area contributed by atoms with E-state index in [1.165, 1.54) is 10.5 Å². The number of halogens is 3. The van der Waals surface area contributed by atoms with Gasteiger partial charge in [0.15, 0.2) is 5.69 Å². The highest BCUT2D eigenvalue weighted by atomic mass is 19.4. The molecule has 0 spiro atoms. The fourth-order valence-electron chi connectivity index (χ4n) is 4.92. The number of fused-ring (bicyclic) bond motifs is 2. The van der Waals surface area contributed by atoms with E-state index in [2.05, 4.69) is 15.6 Å². The van der Waals surface area contributed by atoms with Crippen LogP contribution in [0.2, 0.25) is 0 Å². The summed E-state index contributed by atoms with van der Waals surface area (Å²) in [5.74, 6) is 0.174. The monoisotopic (exact) mass is 485 g/mol. The highest BCUT2D eigenvalue weighted by Crippen LogP contribution is 2.32. The molecule has 5 rings (SSSR count). The second-order valence-corrected chi connectivity index (χ2v) is 9.20. The highest BCUT2D eigenvalue weighted by molar-refractivity contribution is 6.08. The number of imidazole rings is 1. The lowest BCUT2D eigenvalue weighted by Crippen LogP contribution is -2.52. The molecule has 1 saturated carbocycles. The van der Waals surface area contributed by atoms with Gasteiger partial charge in [-0.1, -0.05) is 24.3 Å². The summed E-state index contributed by atoms with van der Waals surface area (Å²) in [5, 5.41) is 18.0. The van der Waals surface area contributed by atoms with Crippen LogP contribution >= 0.6 is 0 Å². The van der Waals surface area contributed by atoms with E-state index in [1.54, 1.807) is 12.1 Å². The van der Waals surface area contributed by atoms with Gasteiger partial charge in [-0.05, 0) is 50.8 Å². The van der Waals surface area contributed by atoms with Crippen LogP contribution in [0.4, 0.5) is 19.0 Å². The van der Waals surface area contributed by atoms with Crippen LogP contribution < -0.4 is 10.6 Å². The molecular formula is C25H26F3N5O2. The van der Waals surface area contributed by atoms with Crippen molar-refractivity contribution in [2.45, 2.75) is 50.6 Å². The molecule has 0 radical (unpaired) electrons. The van der Waals surface area contributed by atoms with Gasteiger partial charge in [-0.25, -0.2) is 4.98 Å². The molecule has 0 saturated heterocycles. The number of benzene rings is 1. The van der Waals surface area contributed by atoms with Crippen LogP contribution in [0.5, 0.6) is 0 Å². The van der Waals surface area contributed by atoms with Gasteiger partial charge in [0.05, 0.1) is 5.56 Å². The van der Waals surface area contributed by atoms with Crippen molar-refractivity contribution in [3.05, 3.63) is 65.6 Å². The van der Waals surface area contributed by atoms with Crippen molar-refractivity contribution in [2.24, 2.45) is 7.05 Å². The van der Waals surface area contributed by atoms with E-state index in [-0.39, 0.29) is 17.6 Å². The molecular weight excluding hydrogens is 459 g/mol. The largest absolute Gasteiger partial charge is 0.434 e. The standard InChI is InChI=1S/C25H26F3N5O2/c1-15-22(17-6-3-4-7-18(17)32(15)2)23(34)31-24(35)12-10-16(11-13-24)29-20-8-5-9-21-30-19(14-33(20)21)25(26,27)28/h3-9,14,16,29,35H,10-13H2,1-2H3,(H,31,34). The zero-order valence-electron chi connectivity index (χ0n) is 19.4. The van der Waals surface area contributed by atoms with Crippen molar-refractivity contribution >= 4 is 28.3 Å². The molecule has 35 heavy (non-hydrogen) atoms. The lowest BCUT2D eigenvalue weighted by molar-refractivity contribution is -0.140. The highest BCUT2D eigenvalue weighted by Gasteiger charge is 2.37. The number of aryl methyl sites for hydroxylation is 1. The Morgan fingerprint density at radius 3 is 2.57 bits per heavy atom. The summed E-state index contributed by atoms with van der Waals surface area (Å²) < 4.78 is 42.6. The van der Waals surface area contributed by atoms with Crippen LogP contribution in [0.1, 0.15) is 47.4 Å². The Morgan fingerprint density at radius 2 is 1.86 bits per heavy atom. The summed E-state index contributed by atoms with van der Waals surface area (Å²) >= 11 is 0. The maximum Gasteiger partial charge on any atom is 0.434 e. The molecule has 4 aromatic rings. The first-order valence-electron chi connectivity index (χ1n) is 11.5. The molecule has 0 atom stereocenters. The summed E-state index contributed by atoms with van der Waals surface area (Å²) in [6.45, 7) is 1.88. The Labute approximate surface area is 199 Å². The third kappa shape index (κ3) is 4.22. The van der Waals surface area contributed by atoms with Crippen molar-refractivity contribution < 1.29 is 23.1 Å². The molecule has 1 amide bonds. The molecule has 3 aromatic heterocycles. The number of hydrogen-bond donors (Lipinski definition) is 3. The number of amides is 1. The maximum atomic E-state index is 13.2. The average Bonchev–Trinajstić information content (AvgIpc) is 3.36. The minimum absolute atomic E-state index is 0.0752. The summed E-state index contributed by atoms with van der Waals surface area (Å²) in [6, 6.07) is 12.4. The number of aliphatic hydroxyl groups is 1. The first-order chi connectivity index (χ1) is 16.6. The number of nitrogens with one attached hydrogen (secondary N) is 2. The minimum atomic E-state index is -4.52. The van der Waals surface area contributed by atoms with Gasteiger partial charge < -0.3 is 20.3 Å². The van der Waals surface area contributed by atoms with Gasteiger partial charge in [0.25, 0.3) is 5.91 Å². The topological polar surface area (TPSA) is 83.6 Å². The van der Waals surface area contributed by atoms with E-state index in [9.17, 15) is 23.1 Å². The van der Waals surface area contributed by atoms with Crippen molar-refractivity contribution in [1.82, 2.24) is 19.3 Å². The smallest absolute Gasteiger partial charge is 0.371 e. The van der Waals surface area contributed by atoms with E-state index in [0.29, 0.717) is 37.1 Å². The lowest BCUT2D eigenvalue weighted by Gasteiger charge is -2.37. The predicted molar refractivity (Wildman–Crippen MR) is 126 cm³/mol. The van der Waals surface area contributed by atoms with Crippen LogP contribution in [0.3, 0.4) is 0 Å². The third-order valence-electron chi connectivity index (χ3n) is 6.92. The minimum Gasteiger partial charge on any atom is -0.371 e. The molecule has 1 fully saturated rings. The van der Waals surface area contributed by atoms with E-state index < -0.39 is 17.6 Å². The van der Waals surface area contributed by atoms with E-state index in [4.69, 9.17) is 0 Å². The van der Waals surface area contributed by atoms with E-state index in [0.717, 1.165) is 22.8 Å². The Bertz CT molecular complexity index is 1410. The first-order valence-corrected chi connectivity index (χ1v) is 11.5. The second-order valence-electron chi connectivity index (χ2n) is 9.20. The number of alkyl halides is 3. The fourth-order valence-corrected chi connectivity index (χ4v) is 4.92. The van der Waals surface area contributed by atoms with Crippen LogP contribution in [-0.4, -0.2) is 36.7 Å². The Hall–Kier alpha value is -3.53. The van der Waals surface area contributed by atoms with E-state index >= 15 is 0 Å². The first kappa shape index (κ1) is 23.2. The summed E-state index contributed by atoms with van der Waals surface area (Å²) in [5.41, 5.74) is 0.197. The Kier molecular flexibility index (Phi) is 5.51. The zero-order valence-corrected chi connectivity index (χ0v) is 19.4. The SMILES string of the molecule is Cc1c(C(=O)NC2(O)CCC(Nc3cccc4nc(C(F)(F)F)cn34)CC2)c2ccccc2n1C. The molecule has 1 aliphatic rings. The number of rotatable bonds is 4. The number of aromatic nitrogens is 3. The Balaban J connectivity index is 1.28. The molecule has 3 heterocycles.